The Morgan fingerprint density at radius 2 is 1.61 bits per heavy atom. The molecule has 0 saturated heterocycles. The van der Waals surface area contributed by atoms with Gasteiger partial charge in [-0.3, -0.25) is 14.6 Å². The van der Waals surface area contributed by atoms with Gasteiger partial charge in [0.1, 0.15) is 0 Å². The predicted molar refractivity (Wildman–Crippen MR) is 149 cm³/mol. The first-order chi connectivity index (χ1) is 18.7. The molecule has 6 rings (SSSR count). The standard InChI is InChI=1S/C31H23N5O2/c37-30(26-10-3-2-9-25(26)22-8-5-17-32-19-22)34-24-15-13-21(14-16-24)31(38)36-20-23-7-1-4-11-27(23)35-29-28(36)12-6-18-33-29/h1-19H,20H2,(H,33,35)(H,34,37). The molecule has 0 atom stereocenters. The van der Waals surface area contributed by atoms with Crippen molar-refractivity contribution in [1.29, 1.82) is 0 Å². The van der Waals surface area contributed by atoms with Gasteiger partial charge in [0.15, 0.2) is 5.82 Å². The minimum atomic E-state index is -0.237. The molecular weight excluding hydrogens is 474 g/mol. The van der Waals surface area contributed by atoms with Gasteiger partial charge in [0.05, 0.1) is 12.2 Å². The molecule has 3 heterocycles. The van der Waals surface area contributed by atoms with Gasteiger partial charge in [0, 0.05) is 46.7 Å². The topological polar surface area (TPSA) is 87.2 Å². The van der Waals surface area contributed by atoms with E-state index in [4.69, 9.17) is 0 Å². The van der Waals surface area contributed by atoms with Crippen molar-refractivity contribution in [3.05, 3.63) is 132 Å². The number of pyridine rings is 2. The van der Waals surface area contributed by atoms with Crippen molar-refractivity contribution >= 4 is 34.7 Å². The van der Waals surface area contributed by atoms with E-state index in [1.807, 2.05) is 66.7 Å². The first-order valence-electron chi connectivity index (χ1n) is 12.2. The van der Waals surface area contributed by atoms with E-state index in [2.05, 4.69) is 20.6 Å². The molecule has 0 aliphatic carbocycles. The molecule has 2 N–H and O–H groups in total. The normalized spacial score (nSPS) is 11.9. The number of rotatable bonds is 4. The van der Waals surface area contributed by atoms with E-state index in [1.54, 1.807) is 53.8 Å². The summed E-state index contributed by atoms with van der Waals surface area (Å²) in [7, 11) is 0. The number of aromatic nitrogens is 2. The maximum Gasteiger partial charge on any atom is 0.258 e. The van der Waals surface area contributed by atoms with Crippen LogP contribution in [0.15, 0.2) is 116 Å². The zero-order valence-corrected chi connectivity index (χ0v) is 20.3. The molecule has 0 bridgehead atoms. The number of carbonyl (C=O) groups is 2. The van der Waals surface area contributed by atoms with Crippen LogP contribution < -0.4 is 15.5 Å². The van der Waals surface area contributed by atoms with Gasteiger partial charge in [-0.15, -0.1) is 0 Å². The molecule has 0 spiro atoms. The quantitative estimate of drug-likeness (QED) is 0.304. The third-order valence-electron chi connectivity index (χ3n) is 6.46. The van der Waals surface area contributed by atoms with Crippen molar-refractivity contribution in [1.82, 2.24) is 9.97 Å². The van der Waals surface area contributed by atoms with Crippen LogP contribution in [0.2, 0.25) is 0 Å². The monoisotopic (exact) mass is 497 g/mol. The number of nitrogens with one attached hydrogen (secondary N) is 2. The molecule has 2 amide bonds. The highest BCUT2D eigenvalue weighted by Gasteiger charge is 2.25. The number of hydrogen-bond acceptors (Lipinski definition) is 5. The van der Waals surface area contributed by atoms with Crippen LogP contribution in [-0.4, -0.2) is 21.8 Å². The fourth-order valence-electron chi connectivity index (χ4n) is 4.56. The number of anilines is 4. The second-order valence-corrected chi connectivity index (χ2v) is 8.86. The lowest BCUT2D eigenvalue weighted by molar-refractivity contribution is 0.0984. The van der Waals surface area contributed by atoms with E-state index in [1.165, 1.54) is 0 Å². The fourth-order valence-corrected chi connectivity index (χ4v) is 4.56. The van der Waals surface area contributed by atoms with Crippen LogP contribution in [0, 0.1) is 0 Å². The molecule has 0 radical (unpaired) electrons. The summed E-state index contributed by atoms with van der Waals surface area (Å²) in [6.07, 6.45) is 5.13. The molecule has 38 heavy (non-hydrogen) atoms. The van der Waals surface area contributed by atoms with Crippen LogP contribution >= 0.6 is 0 Å². The van der Waals surface area contributed by atoms with Crippen molar-refractivity contribution in [3.8, 4) is 11.1 Å². The molecule has 7 heteroatoms. The van der Waals surface area contributed by atoms with Gasteiger partial charge in [0.25, 0.3) is 11.8 Å². The van der Waals surface area contributed by atoms with Crippen molar-refractivity contribution in [2.24, 2.45) is 0 Å². The van der Waals surface area contributed by atoms with Crippen LogP contribution in [-0.2, 0) is 6.54 Å². The maximum absolute atomic E-state index is 13.7. The van der Waals surface area contributed by atoms with Gasteiger partial charge in [-0.05, 0) is 65.7 Å². The predicted octanol–water partition coefficient (Wildman–Crippen LogP) is 6.30. The first-order valence-corrected chi connectivity index (χ1v) is 12.2. The van der Waals surface area contributed by atoms with Crippen molar-refractivity contribution in [3.63, 3.8) is 0 Å². The Balaban J connectivity index is 1.24. The summed E-state index contributed by atoms with van der Waals surface area (Å²) in [5.41, 5.74) is 5.93. The second kappa shape index (κ2) is 9.99. The number of fused-ring (bicyclic) bond motifs is 2. The van der Waals surface area contributed by atoms with Gasteiger partial charge in [-0.2, -0.15) is 0 Å². The van der Waals surface area contributed by atoms with Gasteiger partial charge in [-0.1, -0.05) is 42.5 Å². The molecule has 0 fully saturated rings. The molecule has 5 aromatic rings. The van der Waals surface area contributed by atoms with Crippen LogP contribution in [0.4, 0.5) is 22.9 Å². The zero-order chi connectivity index (χ0) is 25.9. The number of nitrogens with zero attached hydrogens (tertiary/aromatic N) is 3. The Bertz CT molecular complexity index is 1630. The Morgan fingerprint density at radius 1 is 0.816 bits per heavy atom. The highest BCUT2D eigenvalue weighted by atomic mass is 16.2. The largest absolute Gasteiger partial charge is 0.338 e. The highest BCUT2D eigenvalue weighted by molar-refractivity contribution is 6.10. The summed E-state index contributed by atoms with van der Waals surface area (Å²) >= 11 is 0. The molecular formula is C31H23N5O2. The summed E-state index contributed by atoms with van der Waals surface area (Å²) in [6.45, 7) is 0.407. The number of hydrogen-bond donors (Lipinski definition) is 2. The molecule has 0 unspecified atom stereocenters. The van der Waals surface area contributed by atoms with E-state index >= 15 is 0 Å². The molecule has 0 saturated carbocycles. The van der Waals surface area contributed by atoms with E-state index in [0.29, 0.717) is 34.9 Å². The molecule has 7 nitrogen and oxygen atoms in total. The third-order valence-corrected chi connectivity index (χ3v) is 6.46. The minimum Gasteiger partial charge on any atom is -0.338 e. The number of para-hydroxylation sites is 1. The minimum absolute atomic E-state index is 0.155. The molecule has 1 aliphatic heterocycles. The lowest BCUT2D eigenvalue weighted by Gasteiger charge is -2.22. The number of amides is 2. The average Bonchev–Trinajstić information content (AvgIpc) is 3.14. The van der Waals surface area contributed by atoms with Gasteiger partial charge in [0.2, 0.25) is 0 Å². The Kier molecular flexibility index (Phi) is 6.08. The lowest BCUT2D eigenvalue weighted by Crippen LogP contribution is -2.30. The molecule has 1 aliphatic rings. The zero-order valence-electron chi connectivity index (χ0n) is 20.3. The van der Waals surface area contributed by atoms with Gasteiger partial charge >= 0.3 is 0 Å². The summed E-state index contributed by atoms with van der Waals surface area (Å²) in [5, 5.41) is 6.29. The maximum atomic E-state index is 13.7. The number of benzene rings is 3. The van der Waals surface area contributed by atoms with Crippen molar-refractivity contribution < 1.29 is 9.59 Å². The highest BCUT2D eigenvalue weighted by Crippen LogP contribution is 2.35. The SMILES string of the molecule is O=C(Nc1ccc(C(=O)N2Cc3ccccc3Nc3ncccc32)cc1)c1ccccc1-c1cccnc1. The van der Waals surface area contributed by atoms with E-state index in [9.17, 15) is 9.59 Å². The van der Waals surface area contributed by atoms with Crippen LogP contribution in [0.5, 0.6) is 0 Å². The summed E-state index contributed by atoms with van der Waals surface area (Å²) in [5.74, 6) is 0.234. The lowest BCUT2D eigenvalue weighted by atomic mass is 10.0. The first kappa shape index (κ1) is 23.1. The van der Waals surface area contributed by atoms with Crippen molar-refractivity contribution in [2.75, 3.05) is 15.5 Å². The van der Waals surface area contributed by atoms with Crippen molar-refractivity contribution in [2.45, 2.75) is 6.54 Å². The molecule has 3 aromatic carbocycles. The number of carbonyl (C=O) groups excluding carboxylic acids is 2. The fraction of sp³-hybridized carbons (Fsp3) is 0.0323. The Morgan fingerprint density at radius 3 is 2.45 bits per heavy atom. The van der Waals surface area contributed by atoms with E-state index in [0.717, 1.165) is 22.4 Å². The van der Waals surface area contributed by atoms with Crippen LogP contribution in [0.3, 0.4) is 0 Å². The third kappa shape index (κ3) is 4.49. The second-order valence-electron chi connectivity index (χ2n) is 8.86. The summed E-state index contributed by atoms with van der Waals surface area (Å²) in [6, 6.07) is 29.7. The smallest absolute Gasteiger partial charge is 0.258 e. The molecule has 2 aromatic heterocycles. The van der Waals surface area contributed by atoms with Gasteiger partial charge < -0.3 is 15.5 Å². The van der Waals surface area contributed by atoms with E-state index in [-0.39, 0.29) is 11.8 Å². The Labute approximate surface area is 219 Å². The van der Waals surface area contributed by atoms with E-state index < -0.39 is 0 Å². The van der Waals surface area contributed by atoms with Crippen LogP contribution in [0.25, 0.3) is 11.1 Å². The van der Waals surface area contributed by atoms with Gasteiger partial charge in [-0.25, -0.2) is 4.98 Å². The summed E-state index contributed by atoms with van der Waals surface area (Å²) in [4.78, 5) is 37.1. The summed E-state index contributed by atoms with van der Waals surface area (Å²) < 4.78 is 0. The average molecular weight is 498 g/mol. The Hall–Kier alpha value is -5.30. The molecule has 184 valence electrons. The van der Waals surface area contributed by atoms with Crippen LogP contribution in [0.1, 0.15) is 26.3 Å².